The van der Waals surface area contributed by atoms with Crippen LogP contribution < -0.4 is 25.4 Å². The first-order chi connectivity index (χ1) is 19.2. The Morgan fingerprint density at radius 3 is 1.38 bits per heavy atom. The van der Waals surface area contributed by atoms with Crippen molar-refractivity contribution in [3.8, 4) is 11.5 Å². The second-order valence-electron chi connectivity index (χ2n) is 8.34. The molecule has 0 amide bonds. The summed E-state index contributed by atoms with van der Waals surface area (Å²) in [5, 5.41) is 9.83. The number of ether oxygens (including phenoxy) is 2. The molecule has 0 aliphatic rings. The summed E-state index contributed by atoms with van der Waals surface area (Å²) in [5.74, 6) is 3.31. The van der Waals surface area contributed by atoms with Crippen LogP contribution in [-0.2, 0) is 13.1 Å². The number of methoxy groups -OCH3 is 2. The van der Waals surface area contributed by atoms with Gasteiger partial charge < -0.3 is 25.4 Å². The fourth-order valence-electron chi connectivity index (χ4n) is 3.53. The lowest BCUT2D eigenvalue weighted by molar-refractivity contribution is 0.415. The Balaban J connectivity index is 0.000000226. The molecule has 0 spiro atoms. The van der Waals surface area contributed by atoms with Crippen molar-refractivity contribution in [1.29, 1.82) is 0 Å². The molecule has 39 heavy (non-hydrogen) atoms. The first-order valence-corrected chi connectivity index (χ1v) is 12.5. The summed E-state index contributed by atoms with van der Waals surface area (Å²) in [6.45, 7) is 1.34. The number of hydrogen-bond acceptors (Lipinski definition) is 8. The number of pyridine rings is 3. The van der Waals surface area contributed by atoms with Crippen LogP contribution in [-0.4, -0.2) is 29.2 Å². The minimum Gasteiger partial charge on any atom is -0.497 e. The van der Waals surface area contributed by atoms with Crippen LogP contribution >= 0.6 is 0 Å². The average Bonchev–Trinajstić information content (AvgIpc) is 3.01. The van der Waals surface area contributed by atoms with Crippen LogP contribution in [0, 0.1) is 0 Å². The Morgan fingerprint density at radius 2 is 1.00 bits per heavy atom. The molecule has 0 aliphatic heterocycles. The molecule has 3 aromatic heterocycles. The zero-order valence-electron chi connectivity index (χ0n) is 22.0. The Hall–Kier alpha value is -5.11. The minimum atomic E-state index is 0.669. The van der Waals surface area contributed by atoms with Crippen molar-refractivity contribution in [2.24, 2.45) is 0 Å². The van der Waals surface area contributed by atoms with Gasteiger partial charge >= 0.3 is 0 Å². The van der Waals surface area contributed by atoms with Crippen molar-refractivity contribution in [3.63, 3.8) is 0 Å². The van der Waals surface area contributed by atoms with Gasteiger partial charge in [-0.2, -0.15) is 0 Å². The molecule has 0 fully saturated rings. The zero-order chi connectivity index (χ0) is 27.1. The summed E-state index contributed by atoms with van der Waals surface area (Å²) < 4.78 is 10.3. The molecule has 0 unspecified atom stereocenters. The number of rotatable bonds is 10. The molecule has 0 atom stereocenters. The van der Waals surface area contributed by atoms with E-state index in [2.05, 4.69) is 25.9 Å². The van der Waals surface area contributed by atoms with Gasteiger partial charge in [0.05, 0.1) is 38.7 Å². The third-order valence-electron chi connectivity index (χ3n) is 5.58. The third-order valence-corrected chi connectivity index (χ3v) is 5.58. The van der Waals surface area contributed by atoms with Gasteiger partial charge in [-0.05, 0) is 84.9 Å². The summed E-state index contributed by atoms with van der Waals surface area (Å²) in [5.41, 5.74) is 4.06. The number of nitrogens with one attached hydrogen (secondary N) is 3. The summed E-state index contributed by atoms with van der Waals surface area (Å²) in [7, 11) is 3.33. The summed E-state index contributed by atoms with van der Waals surface area (Å²) in [6, 6.07) is 33.2. The van der Waals surface area contributed by atoms with E-state index in [1.165, 1.54) is 0 Å². The Morgan fingerprint density at radius 1 is 0.538 bits per heavy atom. The summed E-state index contributed by atoms with van der Waals surface area (Å²) in [4.78, 5) is 12.9. The van der Waals surface area contributed by atoms with Gasteiger partial charge in [-0.15, -0.1) is 0 Å². The molecule has 3 heterocycles. The molecule has 5 rings (SSSR count). The zero-order valence-corrected chi connectivity index (χ0v) is 22.0. The highest BCUT2D eigenvalue weighted by Crippen LogP contribution is 2.17. The van der Waals surface area contributed by atoms with E-state index in [0.717, 1.165) is 45.9 Å². The normalized spacial score (nSPS) is 10.0. The molecule has 198 valence electrons. The molecule has 2 aromatic carbocycles. The second-order valence-corrected chi connectivity index (χ2v) is 8.34. The molecular weight excluding hydrogens is 488 g/mol. The van der Waals surface area contributed by atoms with Crippen LogP contribution in [0.3, 0.4) is 0 Å². The van der Waals surface area contributed by atoms with Crippen molar-refractivity contribution in [3.05, 3.63) is 127 Å². The first kappa shape index (κ1) is 26.9. The maximum absolute atomic E-state index is 5.17. The lowest BCUT2D eigenvalue weighted by atomic mass is 10.2. The van der Waals surface area contributed by atoms with E-state index in [4.69, 9.17) is 14.5 Å². The van der Waals surface area contributed by atoms with Crippen molar-refractivity contribution in [1.82, 2.24) is 15.0 Å². The molecule has 8 nitrogen and oxygen atoms in total. The maximum Gasteiger partial charge on any atom is 0.131 e. The fourth-order valence-corrected chi connectivity index (χ4v) is 3.53. The molecule has 5 aromatic rings. The van der Waals surface area contributed by atoms with Gasteiger partial charge in [0.1, 0.15) is 23.1 Å². The van der Waals surface area contributed by atoms with E-state index in [0.29, 0.717) is 13.1 Å². The molecular formula is C31H32N6O2. The van der Waals surface area contributed by atoms with E-state index in [-0.39, 0.29) is 0 Å². The van der Waals surface area contributed by atoms with Gasteiger partial charge in [-0.25, -0.2) is 9.97 Å². The molecule has 0 aliphatic carbocycles. The van der Waals surface area contributed by atoms with Crippen molar-refractivity contribution < 1.29 is 9.47 Å². The highest BCUT2D eigenvalue weighted by molar-refractivity contribution is 5.50. The van der Waals surface area contributed by atoms with E-state index >= 15 is 0 Å². The van der Waals surface area contributed by atoms with Crippen molar-refractivity contribution >= 4 is 23.0 Å². The van der Waals surface area contributed by atoms with Crippen LogP contribution in [0.1, 0.15) is 11.4 Å². The lowest BCUT2D eigenvalue weighted by Gasteiger charge is -2.10. The van der Waals surface area contributed by atoms with Gasteiger partial charge in [-0.1, -0.05) is 18.2 Å². The topological polar surface area (TPSA) is 93.2 Å². The van der Waals surface area contributed by atoms with E-state index in [9.17, 15) is 0 Å². The summed E-state index contributed by atoms with van der Waals surface area (Å²) >= 11 is 0. The fraction of sp³-hybridized carbons (Fsp3) is 0.129. The van der Waals surface area contributed by atoms with Crippen LogP contribution in [0.25, 0.3) is 0 Å². The summed E-state index contributed by atoms with van der Waals surface area (Å²) in [6.07, 6.45) is 3.48. The van der Waals surface area contributed by atoms with Gasteiger partial charge in [0, 0.05) is 23.8 Å². The van der Waals surface area contributed by atoms with Gasteiger partial charge in [0.15, 0.2) is 0 Å². The Kier molecular flexibility index (Phi) is 10.1. The standard InChI is InChI=1S/C21H23N3O2.C10H9N3/c1-25-20-10-6-16(7-11-20)22-14-18-4-3-5-19(24-18)15-23-17-8-12-21(26-2)13-9-17;1-3-7-11-9(5-1)13-10-6-2-4-8-12-10/h3-13,22-23H,14-15H2,1-2H3;1-8H,(H,11,12,13). The molecule has 0 saturated carbocycles. The van der Waals surface area contributed by atoms with Gasteiger partial charge in [0.2, 0.25) is 0 Å². The van der Waals surface area contributed by atoms with E-state index < -0.39 is 0 Å². The Labute approximate surface area is 229 Å². The predicted octanol–water partition coefficient (Wildman–Crippen LogP) is 6.54. The number of aromatic nitrogens is 3. The molecule has 8 heteroatoms. The third kappa shape index (κ3) is 9.05. The SMILES string of the molecule is COc1ccc(NCc2cccc(CNc3ccc(OC)cc3)n2)cc1.c1ccc(Nc2ccccn2)nc1. The second kappa shape index (κ2) is 14.6. The largest absolute Gasteiger partial charge is 0.497 e. The van der Waals surface area contributed by atoms with E-state index in [1.54, 1.807) is 26.6 Å². The Bertz CT molecular complexity index is 1280. The number of anilines is 4. The highest BCUT2D eigenvalue weighted by Gasteiger charge is 2.01. The molecule has 0 bridgehead atoms. The maximum atomic E-state index is 5.17. The molecule has 0 radical (unpaired) electrons. The van der Waals surface area contributed by atoms with Crippen LogP contribution in [0.2, 0.25) is 0 Å². The van der Waals surface area contributed by atoms with Crippen LogP contribution in [0.15, 0.2) is 116 Å². The quantitative estimate of drug-likeness (QED) is 0.191. The highest BCUT2D eigenvalue weighted by atomic mass is 16.5. The first-order valence-electron chi connectivity index (χ1n) is 12.5. The van der Waals surface area contributed by atoms with E-state index in [1.807, 2.05) is 103 Å². The van der Waals surface area contributed by atoms with Crippen molar-refractivity contribution in [2.45, 2.75) is 13.1 Å². The minimum absolute atomic E-state index is 0.669. The van der Waals surface area contributed by atoms with Gasteiger partial charge in [0.25, 0.3) is 0 Å². The van der Waals surface area contributed by atoms with Crippen LogP contribution in [0.5, 0.6) is 11.5 Å². The molecule has 0 saturated heterocycles. The number of hydrogen-bond donors (Lipinski definition) is 3. The lowest BCUT2D eigenvalue weighted by Crippen LogP contribution is -2.06. The van der Waals surface area contributed by atoms with Gasteiger partial charge in [-0.3, -0.25) is 4.98 Å². The predicted molar refractivity (Wildman–Crippen MR) is 157 cm³/mol. The monoisotopic (exact) mass is 520 g/mol. The smallest absolute Gasteiger partial charge is 0.131 e. The number of nitrogens with zero attached hydrogens (tertiary/aromatic N) is 3. The number of benzene rings is 2. The molecule has 3 N–H and O–H groups in total. The average molecular weight is 521 g/mol. The van der Waals surface area contributed by atoms with Crippen LogP contribution in [0.4, 0.5) is 23.0 Å². The van der Waals surface area contributed by atoms with Crippen molar-refractivity contribution in [2.75, 3.05) is 30.2 Å².